The van der Waals surface area contributed by atoms with E-state index in [4.69, 9.17) is 11.5 Å². The van der Waals surface area contributed by atoms with E-state index in [1.807, 2.05) is 0 Å². The third kappa shape index (κ3) is 3.67. The van der Waals surface area contributed by atoms with Crippen LogP contribution in [0, 0.1) is 0 Å². The first-order valence-electron chi connectivity index (χ1n) is 5.62. The highest BCUT2D eigenvalue weighted by Crippen LogP contribution is 2.19. The third-order valence-electron chi connectivity index (χ3n) is 2.82. The van der Waals surface area contributed by atoms with Crippen molar-refractivity contribution in [3.63, 3.8) is 0 Å². The predicted octanol–water partition coefficient (Wildman–Crippen LogP) is 0.505. The van der Waals surface area contributed by atoms with Gasteiger partial charge in [0.2, 0.25) is 0 Å². The Morgan fingerprint density at radius 1 is 1.47 bits per heavy atom. The Labute approximate surface area is 101 Å². The molecule has 0 saturated carbocycles. The number of amides is 1. The number of hydrogen-bond donors (Lipinski definition) is 3. The Kier molecular flexibility index (Phi) is 4.39. The SMILES string of the molecule is CCC(C)(CCN)Nc1ccc(C(N)=O)nn1. The van der Waals surface area contributed by atoms with Crippen molar-refractivity contribution in [1.29, 1.82) is 0 Å². The molecule has 5 N–H and O–H groups in total. The van der Waals surface area contributed by atoms with Crippen LogP contribution in [-0.4, -0.2) is 28.2 Å². The van der Waals surface area contributed by atoms with Crippen LogP contribution in [0.5, 0.6) is 0 Å². The van der Waals surface area contributed by atoms with Crippen molar-refractivity contribution in [2.24, 2.45) is 11.5 Å². The summed E-state index contributed by atoms with van der Waals surface area (Å²) in [5, 5.41) is 10.9. The van der Waals surface area contributed by atoms with Crippen LogP contribution in [0.2, 0.25) is 0 Å². The van der Waals surface area contributed by atoms with Crippen molar-refractivity contribution in [1.82, 2.24) is 10.2 Å². The summed E-state index contributed by atoms with van der Waals surface area (Å²) in [5.41, 5.74) is 10.7. The van der Waals surface area contributed by atoms with Crippen LogP contribution in [0.15, 0.2) is 12.1 Å². The van der Waals surface area contributed by atoms with Gasteiger partial charge in [-0.05, 0) is 38.4 Å². The summed E-state index contributed by atoms with van der Waals surface area (Å²) in [6.45, 7) is 4.75. The van der Waals surface area contributed by atoms with Gasteiger partial charge in [0.15, 0.2) is 5.69 Å². The van der Waals surface area contributed by atoms with E-state index in [2.05, 4.69) is 29.4 Å². The highest BCUT2D eigenvalue weighted by atomic mass is 16.1. The van der Waals surface area contributed by atoms with Gasteiger partial charge < -0.3 is 16.8 Å². The molecule has 1 aromatic rings. The Morgan fingerprint density at radius 3 is 2.59 bits per heavy atom. The molecule has 0 fully saturated rings. The molecule has 6 nitrogen and oxygen atoms in total. The maximum Gasteiger partial charge on any atom is 0.269 e. The molecule has 1 heterocycles. The fourth-order valence-corrected chi connectivity index (χ4v) is 1.49. The van der Waals surface area contributed by atoms with Gasteiger partial charge >= 0.3 is 0 Å². The normalized spacial score (nSPS) is 14.1. The summed E-state index contributed by atoms with van der Waals surface area (Å²) in [6.07, 6.45) is 1.76. The lowest BCUT2D eigenvalue weighted by atomic mass is 9.94. The van der Waals surface area contributed by atoms with Crippen molar-refractivity contribution in [3.8, 4) is 0 Å². The second-order valence-corrected chi connectivity index (χ2v) is 4.25. The number of nitrogens with one attached hydrogen (secondary N) is 1. The van der Waals surface area contributed by atoms with E-state index >= 15 is 0 Å². The quantitative estimate of drug-likeness (QED) is 0.668. The van der Waals surface area contributed by atoms with E-state index in [1.54, 1.807) is 12.1 Å². The Bertz CT molecular complexity index is 378. The molecule has 0 spiro atoms. The largest absolute Gasteiger partial charge is 0.364 e. The zero-order valence-electron chi connectivity index (χ0n) is 10.2. The number of hydrogen-bond acceptors (Lipinski definition) is 5. The number of aromatic nitrogens is 2. The molecule has 1 unspecified atom stereocenters. The third-order valence-corrected chi connectivity index (χ3v) is 2.82. The number of anilines is 1. The van der Waals surface area contributed by atoms with Gasteiger partial charge in [-0.1, -0.05) is 6.92 Å². The monoisotopic (exact) mass is 237 g/mol. The molecule has 17 heavy (non-hydrogen) atoms. The average Bonchev–Trinajstić information content (AvgIpc) is 2.30. The molecule has 0 aliphatic heterocycles. The Balaban J connectivity index is 2.77. The standard InChI is InChI=1S/C11H19N5O/c1-3-11(2,6-7-12)14-9-5-4-8(10(13)17)15-16-9/h4-5H,3,6-7,12H2,1-2H3,(H2,13,17)(H,14,16). The predicted molar refractivity (Wildman–Crippen MR) is 66.5 cm³/mol. The van der Waals surface area contributed by atoms with Gasteiger partial charge in [-0.25, -0.2) is 0 Å². The molecule has 94 valence electrons. The molecule has 0 radical (unpaired) electrons. The molecule has 0 saturated heterocycles. The molecule has 1 rings (SSSR count). The molecule has 0 aliphatic carbocycles. The topological polar surface area (TPSA) is 107 Å². The van der Waals surface area contributed by atoms with Gasteiger partial charge in [-0.3, -0.25) is 4.79 Å². The van der Waals surface area contributed by atoms with Crippen molar-refractivity contribution in [2.45, 2.75) is 32.2 Å². The molecule has 0 bridgehead atoms. The molecular weight excluding hydrogens is 218 g/mol. The number of rotatable bonds is 6. The van der Waals surface area contributed by atoms with Crippen LogP contribution in [0.3, 0.4) is 0 Å². The first kappa shape index (κ1) is 13.4. The van der Waals surface area contributed by atoms with Gasteiger partial charge in [-0.2, -0.15) is 0 Å². The zero-order valence-corrected chi connectivity index (χ0v) is 10.2. The maximum atomic E-state index is 10.8. The molecule has 1 atom stereocenters. The van der Waals surface area contributed by atoms with Gasteiger partial charge in [-0.15, -0.1) is 10.2 Å². The smallest absolute Gasteiger partial charge is 0.269 e. The summed E-state index contributed by atoms with van der Waals surface area (Å²) < 4.78 is 0. The molecule has 0 aromatic carbocycles. The van der Waals surface area contributed by atoms with Crippen LogP contribution in [0.1, 0.15) is 37.2 Å². The average molecular weight is 237 g/mol. The minimum Gasteiger partial charge on any atom is -0.364 e. The number of nitrogens with two attached hydrogens (primary N) is 2. The fraction of sp³-hybridized carbons (Fsp3) is 0.545. The highest BCUT2D eigenvalue weighted by Gasteiger charge is 2.21. The number of carbonyl (C=O) groups excluding carboxylic acids is 1. The molecule has 0 aliphatic rings. The summed E-state index contributed by atoms with van der Waals surface area (Å²) >= 11 is 0. The molecular formula is C11H19N5O. The minimum absolute atomic E-state index is 0.113. The molecule has 1 amide bonds. The minimum atomic E-state index is -0.579. The van der Waals surface area contributed by atoms with Crippen molar-refractivity contribution >= 4 is 11.7 Å². The van der Waals surface area contributed by atoms with E-state index in [9.17, 15) is 4.79 Å². The van der Waals surface area contributed by atoms with E-state index in [-0.39, 0.29) is 11.2 Å². The van der Waals surface area contributed by atoms with E-state index in [0.717, 1.165) is 12.8 Å². The number of primary amides is 1. The number of carbonyl (C=O) groups is 1. The van der Waals surface area contributed by atoms with Crippen molar-refractivity contribution in [2.75, 3.05) is 11.9 Å². The van der Waals surface area contributed by atoms with Crippen LogP contribution in [0.25, 0.3) is 0 Å². The van der Waals surface area contributed by atoms with E-state index < -0.39 is 5.91 Å². The van der Waals surface area contributed by atoms with Crippen molar-refractivity contribution < 1.29 is 4.79 Å². The summed E-state index contributed by atoms with van der Waals surface area (Å²) in [4.78, 5) is 10.8. The van der Waals surface area contributed by atoms with E-state index in [0.29, 0.717) is 12.4 Å². The second-order valence-electron chi connectivity index (χ2n) is 4.25. The lowest BCUT2D eigenvalue weighted by molar-refractivity contribution is 0.0994. The first-order chi connectivity index (χ1) is 8.00. The van der Waals surface area contributed by atoms with E-state index in [1.165, 1.54) is 0 Å². The lowest BCUT2D eigenvalue weighted by Gasteiger charge is -2.29. The molecule has 1 aromatic heterocycles. The van der Waals surface area contributed by atoms with Crippen LogP contribution in [0.4, 0.5) is 5.82 Å². The van der Waals surface area contributed by atoms with Crippen LogP contribution in [-0.2, 0) is 0 Å². The summed E-state index contributed by atoms with van der Waals surface area (Å²) in [5.74, 6) is 0.0389. The Morgan fingerprint density at radius 2 is 2.18 bits per heavy atom. The lowest BCUT2D eigenvalue weighted by Crippen LogP contribution is -2.36. The van der Waals surface area contributed by atoms with Gasteiger partial charge in [0.05, 0.1) is 0 Å². The van der Waals surface area contributed by atoms with Gasteiger partial charge in [0.25, 0.3) is 5.91 Å². The van der Waals surface area contributed by atoms with Gasteiger partial charge in [0, 0.05) is 5.54 Å². The van der Waals surface area contributed by atoms with Gasteiger partial charge in [0.1, 0.15) is 5.82 Å². The number of nitrogens with zero attached hydrogens (tertiary/aromatic N) is 2. The fourth-order valence-electron chi connectivity index (χ4n) is 1.49. The second kappa shape index (κ2) is 5.58. The van der Waals surface area contributed by atoms with Crippen LogP contribution < -0.4 is 16.8 Å². The summed E-state index contributed by atoms with van der Waals surface area (Å²) in [6, 6.07) is 3.24. The Hall–Kier alpha value is -1.69. The zero-order chi connectivity index (χ0) is 12.9. The molecule has 6 heteroatoms. The highest BCUT2D eigenvalue weighted by molar-refractivity contribution is 5.90. The van der Waals surface area contributed by atoms with Crippen LogP contribution >= 0.6 is 0 Å². The first-order valence-corrected chi connectivity index (χ1v) is 5.62. The van der Waals surface area contributed by atoms with Crippen molar-refractivity contribution in [3.05, 3.63) is 17.8 Å². The summed E-state index contributed by atoms with van der Waals surface area (Å²) in [7, 11) is 0. The maximum absolute atomic E-state index is 10.8.